The van der Waals surface area contributed by atoms with Crippen LogP contribution >= 0.6 is 11.6 Å². The largest absolute Gasteiger partial charge is 0.383 e. The Morgan fingerprint density at radius 2 is 1.94 bits per heavy atom. The van der Waals surface area contributed by atoms with Crippen LogP contribution in [0.2, 0.25) is 5.02 Å². The molecule has 7 nitrogen and oxygen atoms in total. The quantitative estimate of drug-likeness (QED) is 0.739. The van der Waals surface area contributed by atoms with E-state index < -0.39 is 11.8 Å². The minimum Gasteiger partial charge on any atom is -0.383 e. The molecule has 1 aromatic carbocycles. The van der Waals surface area contributed by atoms with Gasteiger partial charge in [-0.25, -0.2) is 5.01 Å². The third kappa shape index (κ3) is 3.74. The van der Waals surface area contributed by atoms with Gasteiger partial charge in [0.05, 0.1) is 23.3 Å². The Bertz CT molecular complexity index is 1210. The smallest absolute Gasteiger partial charge is 0.270 e. The van der Waals surface area contributed by atoms with Crippen LogP contribution in [0.5, 0.6) is 0 Å². The monoisotopic (exact) mass is 447 g/mol. The SMILES string of the molecule is CC1(C)CC(=O)C2=C(C1)N(NC(=O)c1ccncc1)C(N)=C(C#N)C2c1ccccc1Cl. The number of ketones is 1. The lowest BCUT2D eigenvalue weighted by molar-refractivity contribution is -0.118. The second-order valence-corrected chi connectivity index (χ2v) is 9.09. The van der Waals surface area contributed by atoms with E-state index >= 15 is 0 Å². The van der Waals surface area contributed by atoms with Crippen LogP contribution < -0.4 is 11.2 Å². The number of nitrogens with zero attached hydrogens (tertiary/aromatic N) is 3. The normalized spacial score (nSPS) is 20.0. The molecule has 2 aromatic rings. The summed E-state index contributed by atoms with van der Waals surface area (Å²) in [5.74, 6) is -1.14. The van der Waals surface area contributed by atoms with E-state index in [0.29, 0.717) is 40.3 Å². The predicted molar refractivity (Wildman–Crippen MR) is 120 cm³/mol. The van der Waals surface area contributed by atoms with Crippen LogP contribution in [0.15, 0.2) is 71.5 Å². The highest BCUT2D eigenvalue weighted by Crippen LogP contribution is 2.49. The number of Topliss-reactive ketones (excluding diaryl/α,β-unsaturated/α-hetero) is 1. The van der Waals surface area contributed by atoms with Gasteiger partial charge in [0.2, 0.25) is 0 Å². The molecule has 162 valence electrons. The van der Waals surface area contributed by atoms with Gasteiger partial charge in [0.15, 0.2) is 5.78 Å². The molecule has 2 heterocycles. The zero-order valence-corrected chi connectivity index (χ0v) is 18.5. The molecule has 1 aliphatic heterocycles. The number of aromatic nitrogens is 1. The maximum Gasteiger partial charge on any atom is 0.270 e. The summed E-state index contributed by atoms with van der Waals surface area (Å²) in [4.78, 5) is 30.2. The first-order valence-corrected chi connectivity index (χ1v) is 10.5. The summed E-state index contributed by atoms with van der Waals surface area (Å²) < 4.78 is 0. The van der Waals surface area contributed by atoms with E-state index in [2.05, 4.69) is 16.5 Å². The molecule has 8 heteroatoms. The van der Waals surface area contributed by atoms with E-state index in [1.54, 1.807) is 30.3 Å². The zero-order chi connectivity index (χ0) is 23.0. The Hall–Kier alpha value is -3.63. The van der Waals surface area contributed by atoms with Crippen molar-refractivity contribution >= 4 is 23.3 Å². The number of nitriles is 1. The number of allylic oxidation sites excluding steroid dienone is 3. The topological polar surface area (TPSA) is 112 Å². The summed E-state index contributed by atoms with van der Waals surface area (Å²) in [6.07, 6.45) is 3.83. The van der Waals surface area contributed by atoms with Crippen LogP contribution in [-0.4, -0.2) is 21.7 Å². The number of hydrogen-bond donors (Lipinski definition) is 2. The molecule has 1 aromatic heterocycles. The van der Waals surface area contributed by atoms with Gasteiger partial charge in [0.25, 0.3) is 5.91 Å². The van der Waals surface area contributed by atoms with Crippen molar-refractivity contribution in [2.45, 2.75) is 32.6 Å². The number of carbonyl (C=O) groups is 2. The van der Waals surface area contributed by atoms with Crippen LogP contribution in [0.25, 0.3) is 0 Å². The van der Waals surface area contributed by atoms with Crippen LogP contribution in [0.3, 0.4) is 0 Å². The number of carbonyl (C=O) groups excluding carboxylic acids is 2. The van der Waals surface area contributed by atoms with Crippen LogP contribution in [-0.2, 0) is 4.79 Å². The number of halogens is 1. The lowest BCUT2D eigenvalue weighted by Crippen LogP contribution is -2.49. The minimum absolute atomic E-state index is 0.0732. The molecule has 1 unspecified atom stereocenters. The van der Waals surface area contributed by atoms with Crippen molar-refractivity contribution in [3.05, 3.63) is 87.6 Å². The molecule has 32 heavy (non-hydrogen) atoms. The second kappa shape index (κ2) is 8.13. The van der Waals surface area contributed by atoms with Crippen molar-refractivity contribution in [3.63, 3.8) is 0 Å². The van der Waals surface area contributed by atoms with Crippen molar-refractivity contribution in [1.29, 1.82) is 5.26 Å². The van der Waals surface area contributed by atoms with Gasteiger partial charge in [-0.15, -0.1) is 0 Å². The van der Waals surface area contributed by atoms with Crippen LogP contribution in [0.1, 0.15) is 48.5 Å². The number of hydrazine groups is 1. The van der Waals surface area contributed by atoms with E-state index in [0.717, 1.165) is 0 Å². The molecule has 0 radical (unpaired) electrons. The molecule has 1 aliphatic carbocycles. The molecule has 1 atom stereocenters. The second-order valence-electron chi connectivity index (χ2n) is 8.68. The van der Waals surface area contributed by atoms with E-state index in [1.807, 2.05) is 19.9 Å². The molecule has 3 N–H and O–H groups in total. The third-order valence-corrected chi connectivity index (χ3v) is 6.10. The highest BCUT2D eigenvalue weighted by atomic mass is 35.5. The fraction of sp³-hybridized carbons (Fsp3) is 0.250. The Morgan fingerprint density at radius 1 is 1.25 bits per heavy atom. The van der Waals surface area contributed by atoms with Crippen LogP contribution in [0, 0.1) is 16.7 Å². The first kappa shape index (κ1) is 21.6. The molecule has 4 rings (SSSR count). The number of pyridine rings is 1. The fourth-order valence-corrected chi connectivity index (χ4v) is 4.57. The van der Waals surface area contributed by atoms with Crippen molar-refractivity contribution in [2.24, 2.45) is 11.1 Å². The summed E-state index contributed by atoms with van der Waals surface area (Å²) >= 11 is 6.47. The van der Waals surface area contributed by atoms with Gasteiger partial charge >= 0.3 is 0 Å². The highest BCUT2D eigenvalue weighted by Gasteiger charge is 2.45. The minimum atomic E-state index is -0.693. The first-order chi connectivity index (χ1) is 15.2. The summed E-state index contributed by atoms with van der Waals surface area (Å²) in [6, 6.07) is 12.4. The number of rotatable bonds is 3. The van der Waals surface area contributed by atoms with E-state index in [9.17, 15) is 14.9 Å². The number of nitrogens with two attached hydrogens (primary N) is 1. The predicted octanol–water partition coefficient (Wildman–Crippen LogP) is 3.82. The first-order valence-electron chi connectivity index (χ1n) is 10.1. The van der Waals surface area contributed by atoms with Crippen molar-refractivity contribution in [2.75, 3.05) is 0 Å². The Labute approximate surface area is 191 Å². The van der Waals surface area contributed by atoms with Gasteiger partial charge in [0, 0.05) is 35.0 Å². The number of benzene rings is 1. The van der Waals surface area contributed by atoms with E-state index in [4.69, 9.17) is 17.3 Å². The zero-order valence-electron chi connectivity index (χ0n) is 17.7. The number of hydrogen-bond acceptors (Lipinski definition) is 6. The molecule has 0 saturated heterocycles. The molecular weight excluding hydrogens is 426 g/mol. The summed E-state index contributed by atoms with van der Waals surface area (Å²) in [6.45, 7) is 3.98. The average Bonchev–Trinajstić information content (AvgIpc) is 2.75. The van der Waals surface area contributed by atoms with Gasteiger partial charge in [-0.1, -0.05) is 43.6 Å². The molecule has 0 bridgehead atoms. The Balaban J connectivity index is 1.89. The van der Waals surface area contributed by atoms with Crippen molar-refractivity contribution in [3.8, 4) is 6.07 Å². The lowest BCUT2D eigenvalue weighted by Gasteiger charge is -2.43. The number of nitrogens with one attached hydrogen (secondary N) is 1. The molecule has 1 amide bonds. The number of amides is 1. The molecule has 0 fully saturated rings. The maximum absolute atomic E-state index is 13.4. The van der Waals surface area contributed by atoms with E-state index in [-0.39, 0.29) is 22.6 Å². The molecular formula is C24H22ClN5O2. The maximum atomic E-state index is 13.4. The average molecular weight is 448 g/mol. The highest BCUT2D eigenvalue weighted by molar-refractivity contribution is 6.31. The lowest BCUT2D eigenvalue weighted by atomic mass is 9.69. The van der Waals surface area contributed by atoms with Gasteiger partial charge in [-0.2, -0.15) is 5.26 Å². The van der Waals surface area contributed by atoms with E-state index in [1.165, 1.54) is 17.4 Å². The molecule has 2 aliphatic rings. The van der Waals surface area contributed by atoms with Crippen molar-refractivity contribution < 1.29 is 9.59 Å². The van der Waals surface area contributed by atoms with Gasteiger partial charge in [0.1, 0.15) is 5.82 Å². The van der Waals surface area contributed by atoms with Crippen molar-refractivity contribution in [1.82, 2.24) is 15.4 Å². The molecule has 0 saturated carbocycles. The van der Waals surface area contributed by atoms with Gasteiger partial charge in [-0.05, 0) is 35.6 Å². The van der Waals surface area contributed by atoms with Gasteiger partial charge in [-0.3, -0.25) is 20.0 Å². The Morgan fingerprint density at radius 3 is 2.59 bits per heavy atom. The molecule has 0 spiro atoms. The fourth-order valence-electron chi connectivity index (χ4n) is 4.33. The van der Waals surface area contributed by atoms with Gasteiger partial charge < -0.3 is 5.73 Å². The third-order valence-electron chi connectivity index (χ3n) is 5.75. The standard InChI is InChI=1S/C24H22ClN5O2/c1-24(2)11-18-21(19(31)12-24)20(15-5-3-4-6-17(15)25)16(13-26)22(27)30(18)29-23(32)14-7-9-28-10-8-14/h3-10,20H,11-12,27H2,1-2H3,(H,29,32). The summed E-state index contributed by atoms with van der Waals surface area (Å²) in [5.41, 5.74) is 11.1. The summed E-state index contributed by atoms with van der Waals surface area (Å²) in [5, 5.41) is 11.9. The van der Waals surface area contributed by atoms with Crippen LogP contribution in [0.4, 0.5) is 0 Å². The summed E-state index contributed by atoms with van der Waals surface area (Å²) in [7, 11) is 0. The Kier molecular flexibility index (Phi) is 5.49.